The highest BCUT2D eigenvalue weighted by Crippen LogP contribution is 2.30. The molecule has 1 N–H and O–H groups in total. The summed E-state index contributed by atoms with van der Waals surface area (Å²) in [6.45, 7) is 1.87. The topological polar surface area (TPSA) is 46.2 Å². The molecule has 1 aliphatic heterocycles. The maximum absolute atomic E-state index is 12.5. The van der Waals surface area contributed by atoms with Crippen molar-refractivity contribution in [3.05, 3.63) is 35.4 Å². The molecule has 1 fully saturated rings. The van der Waals surface area contributed by atoms with Crippen LogP contribution in [-0.4, -0.2) is 26.0 Å². The molecule has 0 amide bonds. The van der Waals surface area contributed by atoms with E-state index < -0.39 is 27.6 Å². The first-order chi connectivity index (χ1) is 9.17. The summed E-state index contributed by atoms with van der Waals surface area (Å²) in [5, 5.41) is 3.15. The zero-order valence-electron chi connectivity index (χ0n) is 10.9. The summed E-state index contributed by atoms with van der Waals surface area (Å²) in [6, 6.07) is 4.21. The second-order valence-electron chi connectivity index (χ2n) is 5.14. The van der Waals surface area contributed by atoms with E-state index in [4.69, 9.17) is 0 Å². The maximum atomic E-state index is 12.5. The van der Waals surface area contributed by atoms with Gasteiger partial charge in [0.2, 0.25) is 0 Å². The van der Waals surface area contributed by atoms with Crippen molar-refractivity contribution in [3.63, 3.8) is 0 Å². The van der Waals surface area contributed by atoms with Gasteiger partial charge in [0.15, 0.2) is 9.84 Å². The minimum Gasteiger partial charge on any atom is -0.307 e. The fourth-order valence-electron chi connectivity index (χ4n) is 2.27. The molecule has 0 radical (unpaired) electrons. The van der Waals surface area contributed by atoms with Crippen molar-refractivity contribution in [1.29, 1.82) is 0 Å². The molecule has 7 heteroatoms. The predicted molar refractivity (Wildman–Crippen MR) is 70.1 cm³/mol. The second kappa shape index (κ2) is 5.37. The van der Waals surface area contributed by atoms with Gasteiger partial charge in [0, 0.05) is 12.1 Å². The molecule has 20 heavy (non-hydrogen) atoms. The van der Waals surface area contributed by atoms with Gasteiger partial charge >= 0.3 is 6.18 Å². The van der Waals surface area contributed by atoms with E-state index in [-0.39, 0.29) is 17.5 Å². The van der Waals surface area contributed by atoms with Gasteiger partial charge < -0.3 is 5.32 Å². The molecule has 1 aromatic rings. The molecule has 0 aliphatic carbocycles. The summed E-state index contributed by atoms with van der Waals surface area (Å²) >= 11 is 0. The number of hydrogen-bond acceptors (Lipinski definition) is 3. The van der Waals surface area contributed by atoms with Crippen molar-refractivity contribution in [2.45, 2.75) is 31.6 Å². The lowest BCUT2D eigenvalue weighted by molar-refractivity contribution is -0.137. The maximum Gasteiger partial charge on any atom is 0.416 e. The van der Waals surface area contributed by atoms with Gasteiger partial charge in [-0.3, -0.25) is 0 Å². The molecule has 1 saturated heterocycles. The normalized spacial score (nSPS) is 27.0. The van der Waals surface area contributed by atoms with E-state index in [0.29, 0.717) is 12.0 Å². The molecule has 1 aromatic carbocycles. The number of benzene rings is 1. The van der Waals surface area contributed by atoms with Gasteiger partial charge in [-0.1, -0.05) is 12.1 Å². The van der Waals surface area contributed by atoms with E-state index in [1.54, 1.807) is 0 Å². The third-order valence-electron chi connectivity index (χ3n) is 3.41. The minimum atomic E-state index is -4.38. The van der Waals surface area contributed by atoms with E-state index in [1.165, 1.54) is 12.1 Å². The monoisotopic (exact) mass is 307 g/mol. The first kappa shape index (κ1) is 15.3. The van der Waals surface area contributed by atoms with Crippen molar-refractivity contribution >= 4 is 9.84 Å². The van der Waals surface area contributed by atoms with E-state index in [2.05, 4.69) is 5.32 Å². The third-order valence-corrected chi connectivity index (χ3v) is 5.11. The molecule has 1 aliphatic rings. The highest BCUT2D eigenvalue weighted by Gasteiger charge is 2.31. The predicted octanol–water partition coefficient (Wildman–Crippen LogP) is 2.54. The Bertz CT molecular complexity index is 566. The van der Waals surface area contributed by atoms with Gasteiger partial charge in [-0.2, -0.15) is 13.2 Å². The van der Waals surface area contributed by atoms with E-state index in [0.717, 1.165) is 12.1 Å². The molecule has 0 saturated carbocycles. The number of nitrogens with one attached hydrogen (secondary N) is 1. The summed E-state index contributed by atoms with van der Waals surface area (Å²) in [7, 11) is -3.17. The Morgan fingerprint density at radius 1 is 1.20 bits per heavy atom. The fraction of sp³-hybridized carbons (Fsp3) is 0.538. The van der Waals surface area contributed by atoms with Gasteiger partial charge in [0.1, 0.15) is 0 Å². The number of rotatable bonds is 1. The standard InChI is InChI=1S/C13H16F3NO2S/c1-9-6-7-20(18,19)8-12(17-9)10-2-4-11(5-3-10)13(14,15)16/h2-5,9,12,17H,6-8H2,1H3. The smallest absolute Gasteiger partial charge is 0.307 e. The van der Waals surface area contributed by atoms with Crippen molar-refractivity contribution in [2.24, 2.45) is 0 Å². The molecule has 0 spiro atoms. The van der Waals surface area contributed by atoms with Crippen LogP contribution in [0.2, 0.25) is 0 Å². The number of sulfone groups is 1. The lowest BCUT2D eigenvalue weighted by Gasteiger charge is -2.20. The van der Waals surface area contributed by atoms with Crippen LogP contribution in [-0.2, 0) is 16.0 Å². The van der Waals surface area contributed by atoms with Gasteiger partial charge in [-0.25, -0.2) is 8.42 Å². The largest absolute Gasteiger partial charge is 0.416 e. The Morgan fingerprint density at radius 2 is 1.80 bits per heavy atom. The zero-order chi connectivity index (χ0) is 15.0. The Balaban J connectivity index is 2.25. The first-order valence-electron chi connectivity index (χ1n) is 6.31. The van der Waals surface area contributed by atoms with Gasteiger partial charge in [0.05, 0.1) is 17.1 Å². The van der Waals surface area contributed by atoms with Crippen molar-refractivity contribution in [1.82, 2.24) is 5.32 Å². The Morgan fingerprint density at radius 3 is 2.35 bits per heavy atom. The fourth-order valence-corrected chi connectivity index (χ4v) is 3.94. The zero-order valence-corrected chi connectivity index (χ0v) is 11.8. The summed E-state index contributed by atoms with van der Waals surface area (Å²) in [5.41, 5.74) is -0.166. The average molecular weight is 307 g/mol. The summed E-state index contributed by atoms with van der Waals surface area (Å²) in [5.74, 6) is 0.0288. The lowest BCUT2D eigenvalue weighted by atomic mass is 10.0. The quantitative estimate of drug-likeness (QED) is 0.867. The molecule has 2 atom stereocenters. The van der Waals surface area contributed by atoms with Crippen LogP contribution in [0, 0.1) is 0 Å². The van der Waals surface area contributed by atoms with E-state index in [1.807, 2.05) is 6.92 Å². The Labute approximate surface area is 116 Å². The molecule has 0 bridgehead atoms. The minimum absolute atomic E-state index is 0.0135. The van der Waals surface area contributed by atoms with Crippen LogP contribution in [0.25, 0.3) is 0 Å². The number of halogens is 3. The molecule has 0 aromatic heterocycles. The second-order valence-corrected chi connectivity index (χ2v) is 7.37. The summed E-state index contributed by atoms with van der Waals surface area (Å²) in [6.07, 6.45) is -3.87. The van der Waals surface area contributed by atoms with Gasteiger partial charge in [0.25, 0.3) is 0 Å². The highest BCUT2D eigenvalue weighted by atomic mass is 32.2. The molecule has 2 rings (SSSR count). The van der Waals surface area contributed by atoms with Crippen molar-refractivity contribution in [2.75, 3.05) is 11.5 Å². The molecule has 112 valence electrons. The summed E-state index contributed by atoms with van der Waals surface area (Å²) in [4.78, 5) is 0. The van der Waals surface area contributed by atoms with Crippen LogP contribution < -0.4 is 5.32 Å². The van der Waals surface area contributed by atoms with Gasteiger partial charge in [-0.15, -0.1) is 0 Å². The van der Waals surface area contributed by atoms with Crippen LogP contribution >= 0.6 is 0 Å². The molecule has 2 unspecified atom stereocenters. The Hall–Kier alpha value is -1.08. The van der Waals surface area contributed by atoms with Crippen LogP contribution in [0.15, 0.2) is 24.3 Å². The third kappa shape index (κ3) is 3.73. The van der Waals surface area contributed by atoms with Crippen LogP contribution in [0.3, 0.4) is 0 Å². The van der Waals surface area contributed by atoms with E-state index >= 15 is 0 Å². The van der Waals surface area contributed by atoms with Crippen LogP contribution in [0.1, 0.15) is 30.5 Å². The number of alkyl halides is 3. The van der Waals surface area contributed by atoms with Crippen LogP contribution in [0.5, 0.6) is 0 Å². The van der Waals surface area contributed by atoms with Crippen molar-refractivity contribution < 1.29 is 21.6 Å². The lowest BCUT2D eigenvalue weighted by Crippen LogP contribution is -2.31. The van der Waals surface area contributed by atoms with E-state index in [9.17, 15) is 21.6 Å². The van der Waals surface area contributed by atoms with Gasteiger partial charge in [-0.05, 0) is 31.0 Å². The molecular formula is C13H16F3NO2S. The highest BCUT2D eigenvalue weighted by molar-refractivity contribution is 7.91. The SMILES string of the molecule is CC1CCS(=O)(=O)CC(c2ccc(C(F)(F)F)cc2)N1. The number of hydrogen-bond donors (Lipinski definition) is 1. The van der Waals surface area contributed by atoms with Crippen molar-refractivity contribution in [3.8, 4) is 0 Å². The first-order valence-corrected chi connectivity index (χ1v) is 8.13. The average Bonchev–Trinajstić information content (AvgIpc) is 2.47. The Kier molecular flexibility index (Phi) is 4.11. The molecule has 3 nitrogen and oxygen atoms in total. The van der Waals surface area contributed by atoms with Crippen LogP contribution in [0.4, 0.5) is 13.2 Å². The molecule has 1 heterocycles. The molecular weight excluding hydrogens is 291 g/mol. The summed E-state index contributed by atoms with van der Waals surface area (Å²) < 4.78 is 61.1.